The maximum absolute atomic E-state index is 13.8. The van der Waals surface area contributed by atoms with Crippen LogP contribution >= 0.6 is 0 Å². The highest BCUT2D eigenvalue weighted by atomic mass is 19.1. The van der Waals surface area contributed by atoms with Gasteiger partial charge in [-0.25, -0.2) is 9.37 Å². The van der Waals surface area contributed by atoms with E-state index in [-0.39, 0.29) is 11.5 Å². The number of amides is 1. The van der Waals surface area contributed by atoms with Crippen LogP contribution in [0.4, 0.5) is 4.39 Å². The Kier molecular flexibility index (Phi) is 5.02. The van der Waals surface area contributed by atoms with Gasteiger partial charge in [-0.15, -0.1) is 0 Å². The van der Waals surface area contributed by atoms with Crippen molar-refractivity contribution in [3.05, 3.63) is 83.2 Å². The Balaban J connectivity index is 1.97. The fraction of sp³-hybridized carbons (Fsp3) is 0.200. The van der Waals surface area contributed by atoms with E-state index in [1.54, 1.807) is 38.6 Å². The van der Waals surface area contributed by atoms with Crippen molar-refractivity contribution in [3.8, 4) is 5.75 Å². The molecule has 1 aromatic heterocycles. The summed E-state index contributed by atoms with van der Waals surface area (Å²) in [5, 5.41) is 2.95. The standard InChI is InChI=1S/C20H20FN3O2/c1-13-7-8-15(12-17(13)21)20(25)23-18(19-22-9-10-24(19)2)14-5-4-6-16(11-14)26-3/h4-12,18H,1-3H3,(H,23,25). The van der Waals surface area contributed by atoms with Crippen molar-refractivity contribution in [2.24, 2.45) is 7.05 Å². The monoisotopic (exact) mass is 353 g/mol. The van der Waals surface area contributed by atoms with Crippen molar-refractivity contribution < 1.29 is 13.9 Å². The minimum absolute atomic E-state index is 0.259. The van der Waals surface area contributed by atoms with Gasteiger partial charge >= 0.3 is 0 Å². The molecule has 0 aliphatic carbocycles. The van der Waals surface area contributed by atoms with E-state index in [1.165, 1.54) is 6.07 Å². The largest absolute Gasteiger partial charge is 0.497 e. The lowest BCUT2D eigenvalue weighted by Crippen LogP contribution is -2.31. The van der Waals surface area contributed by atoms with Crippen LogP contribution in [-0.4, -0.2) is 22.6 Å². The summed E-state index contributed by atoms with van der Waals surface area (Å²) in [6.45, 7) is 1.66. The molecule has 0 spiro atoms. The molecule has 2 aromatic carbocycles. The Morgan fingerprint density at radius 2 is 2.08 bits per heavy atom. The van der Waals surface area contributed by atoms with Crippen molar-refractivity contribution in [2.45, 2.75) is 13.0 Å². The molecular formula is C20H20FN3O2. The topological polar surface area (TPSA) is 56.1 Å². The summed E-state index contributed by atoms with van der Waals surface area (Å²) >= 11 is 0. The SMILES string of the molecule is COc1cccc(C(NC(=O)c2ccc(C)c(F)c2)c2nccn2C)c1. The van der Waals surface area contributed by atoms with E-state index in [1.807, 2.05) is 35.9 Å². The van der Waals surface area contributed by atoms with Crippen LogP contribution in [0.3, 0.4) is 0 Å². The quantitative estimate of drug-likeness (QED) is 0.765. The predicted octanol–water partition coefficient (Wildman–Crippen LogP) is 3.40. The van der Waals surface area contributed by atoms with Gasteiger partial charge in [0.05, 0.1) is 7.11 Å². The zero-order valence-electron chi connectivity index (χ0n) is 14.9. The highest BCUT2D eigenvalue weighted by molar-refractivity contribution is 5.94. The number of carbonyl (C=O) groups is 1. The Hall–Kier alpha value is -3.15. The fourth-order valence-electron chi connectivity index (χ4n) is 2.72. The van der Waals surface area contributed by atoms with E-state index < -0.39 is 11.9 Å². The van der Waals surface area contributed by atoms with E-state index in [9.17, 15) is 9.18 Å². The molecule has 1 N–H and O–H groups in total. The normalized spacial score (nSPS) is 11.8. The number of carbonyl (C=O) groups excluding carboxylic acids is 1. The molecule has 134 valence electrons. The Morgan fingerprint density at radius 1 is 1.27 bits per heavy atom. The molecule has 1 amide bonds. The van der Waals surface area contributed by atoms with Crippen LogP contribution in [0.2, 0.25) is 0 Å². The molecule has 0 radical (unpaired) electrons. The first-order valence-corrected chi connectivity index (χ1v) is 8.18. The van der Waals surface area contributed by atoms with Crippen LogP contribution in [0.15, 0.2) is 54.9 Å². The average Bonchev–Trinajstić information content (AvgIpc) is 3.07. The highest BCUT2D eigenvalue weighted by Crippen LogP contribution is 2.24. The Morgan fingerprint density at radius 3 is 2.73 bits per heavy atom. The molecule has 6 heteroatoms. The van der Waals surface area contributed by atoms with Gasteiger partial charge in [0.15, 0.2) is 0 Å². The maximum Gasteiger partial charge on any atom is 0.252 e. The number of hydrogen-bond acceptors (Lipinski definition) is 3. The Bertz CT molecular complexity index is 936. The average molecular weight is 353 g/mol. The molecule has 0 aliphatic heterocycles. The first-order valence-electron chi connectivity index (χ1n) is 8.18. The molecule has 0 saturated heterocycles. The molecule has 3 aromatic rings. The van der Waals surface area contributed by atoms with Crippen LogP contribution in [0, 0.1) is 12.7 Å². The van der Waals surface area contributed by atoms with Crippen LogP contribution in [0.1, 0.15) is 33.4 Å². The van der Waals surface area contributed by atoms with Gasteiger partial charge in [-0.1, -0.05) is 18.2 Å². The number of nitrogens with zero attached hydrogens (tertiary/aromatic N) is 2. The molecule has 26 heavy (non-hydrogen) atoms. The molecule has 3 rings (SSSR count). The number of ether oxygens (including phenoxy) is 1. The van der Waals surface area contributed by atoms with Crippen molar-refractivity contribution in [3.63, 3.8) is 0 Å². The first-order chi connectivity index (χ1) is 12.5. The molecule has 0 saturated carbocycles. The smallest absolute Gasteiger partial charge is 0.252 e. The van der Waals surface area contributed by atoms with E-state index in [0.29, 0.717) is 17.1 Å². The highest BCUT2D eigenvalue weighted by Gasteiger charge is 2.22. The van der Waals surface area contributed by atoms with Gasteiger partial charge in [0.1, 0.15) is 23.4 Å². The number of aromatic nitrogens is 2. The lowest BCUT2D eigenvalue weighted by atomic mass is 10.0. The lowest BCUT2D eigenvalue weighted by molar-refractivity contribution is 0.0940. The van der Waals surface area contributed by atoms with Gasteiger partial charge in [0, 0.05) is 25.0 Å². The summed E-state index contributed by atoms with van der Waals surface area (Å²) in [5.41, 5.74) is 1.57. The molecular weight excluding hydrogens is 333 g/mol. The number of halogens is 1. The molecule has 5 nitrogen and oxygen atoms in total. The second kappa shape index (κ2) is 7.39. The third kappa shape index (κ3) is 3.59. The van der Waals surface area contributed by atoms with Gasteiger partial charge in [-0.2, -0.15) is 0 Å². The third-order valence-corrected chi connectivity index (χ3v) is 4.25. The van der Waals surface area contributed by atoms with Crippen LogP contribution in [0.5, 0.6) is 5.75 Å². The summed E-state index contributed by atoms with van der Waals surface area (Å²) in [6.07, 6.45) is 3.47. The van der Waals surface area contributed by atoms with Crippen molar-refractivity contribution in [2.75, 3.05) is 7.11 Å². The van der Waals surface area contributed by atoms with Gasteiger partial charge in [0.2, 0.25) is 0 Å². The van der Waals surface area contributed by atoms with Crippen molar-refractivity contribution in [1.29, 1.82) is 0 Å². The molecule has 0 fully saturated rings. The summed E-state index contributed by atoms with van der Waals surface area (Å²) in [4.78, 5) is 17.1. The van der Waals surface area contributed by atoms with Gasteiger partial charge in [0.25, 0.3) is 5.91 Å². The Labute approximate surface area is 151 Å². The number of benzene rings is 2. The van der Waals surface area contributed by atoms with E-state index in [4.69, 9.17) is 4.74 Å². The molecule has 0 bridgehead atoms. The van der Waals surface area contributed by atoms with E-state index in [0.717, 1.165) is 5.56 Å². The summed E-state index contributed by atoms with van der Waals surface area (Å²) in [7, 11) is 3.44. The maximum atomic E-state index is 13.8. The van der Waals surface area contributed by atoms with Crippen LogP contribution in [0.25, 0.3) is 0 Å². The summed E-state index contributed by atoms with van der Waals surface area (Å²) in [5.74, 6) is 0.559. The number of rotatable bonds is 5. The third-order valence-electron chi connectivity index (χ3n) is 4.25. The second-order valence-electron chi connectivity index (χ2n) is 6.04. The van der Waals surface area contributed by atoms with Crippen LogP contribution < -0.4 is 10.1 Å². The van der Waals surface area contributed by atoms with Gasteiger partial charge in [-0.3, -0.25) is 4.79 Å². The van der Waals surface area contributed by atoms with Crippen molar-refractivity contribution >= 4 is 5.91 Å². The summed E-state index contributed by atoms with van der Waals surface area (Å²) < 4.78 is 20.9. The minimum atomic E-state index is -0.498. The lowest BCUT2D eigenvalue weighted by Gasteiger charge is -2.20. The fourth-order valence-corrected chi connectivity index (χ4v) is 2.72. The predicted molar refractivity (Wildman–Crippen MR) is 96.6 cm³/mol. The zero-order chi connectivity index (χ0) is 18.7. The molecule has 0 aliphatic rings. The van der Waals surface area contributed by atoms with E-state index >= 15 is 0 Å². The van der Waals surface area contributed by atoms with Crippen LogP contribution in [-0.2, 0) is 7.05 Å². The van der Waals surface area contributed by atoms with E-state index in [2.05, 4.69) is 10.3 Å². The van der Waals surface area contributed by atoms with Gasteiger partial charge < -0.3 is 14.6 Å². The second-order valence-corrected chi connectivity index (χ2v) is 6.04. The molecule has 1 atom stereocenters. The minimum Gasteiger partial charge on any atom is -0.497 e. The van der Waals surface area contributed by atoms with Gasteiger partial charge in [-0.05, 0) is 42.3 Å². The number of hydrogen-bond donors (Lipinski definition) is 1. The molecule has 1 unspecified atom stereocenters. The summed E-state index contributed by atoms with van der Waals surface area (Å²) in [6, 6.07) is 11.3. The van der Waals surface area contributed by atoms with Crippen molar-refractivity contribution in [1.82, 2.24) is 14.9 Å². The number of aryl methyl sites for hydroxylation is 2. The number of imidazole rings is 1. The number of nitrogens with one attached hydrogen (secondary N) is 1. The zero-order valence-corrected chi connectivity index (χ0v) is 14.9. The number of methoxy groups -OCH3 is 1. The molecule has 1 heterocycles. The first kappa shape index (κ1) is 17.7.